The second kappa shape index (κ2) is 5.57. The molecular formula is C16H17IN4. The van der Waals surface area contributed by atoms with E-state index >= 15 is 0 Å². The average molecular weight is 392 g/mol. The second-order valence-corrected chi connectivity index (χ2v) is 6.14. The van der Waals surface area contributed by atoms with E-state index in [-0.39, 0.29) is 0 Å². The lowest BCUT2D eigenvalue weighted by Crippen LogP contribution is -2.27. The summed E-state index contributed by atoms with van der Waals surface area (Å²) < 4.78 is 1.58. The lowest BCUT2D eigenvalue weighted by Gasteiger charge is -2.29. The van der Waals surface area contributed by atoms with Crippen molar-refractivity contribution in [2.75, 3.05) is 11.9 Å². The predicted molar refractivity (Wildman–Crippen MR) is 96.0 cm³/mol. The minimum Gasteiger partial charge on any atom is -0.396 e. The molecule has 1 aliphatic rings. The predicted octanol–water partition coefficient (Wildman–Crippen LogP) is 2.95. The van der Waals surface area contributed by atoms with Gasteiger partial charge < -0.3 is 10.6 Å². The highest BCUT2D eigenvalue weighted by Crippen LogP contribution is 2.36. The lowest BCUT2D eigenvalue weighted by atomic mass is 9.97. The zero-order chi connectivity index (χ0) is 15.0. The number of hydrogen-bond donors (Lipinski definition) is 2. The maximum atomic E-state index is 6.46. The molecule has 108 valence electrons. The quantitative estimate of drug-likeness (QED) is 0.339. The maximum Gasteiger partial charge on any atom is 0.0942 e. The van der Waals surface area contributed by atoms with Gasteiger partial charge in [0.05, 0.1) is 34.3 Å². The monoisotopic (exact) mass is 392 g/mol. The standard InChI is InChI=1S/C16H17IN4/c1-20-10-11-6-2-3-7-12(11)16(21(17)19)15(18)13-8-4-5-9-14(13)20/h2-9H,10,18-19H2,1H3/b16-15-. The van der Waals surface area contributed by atoms with E-state index in [0.29, 0.717) is 5.70 Å². The molecule has 2 aromatic carbocycles. The first-order chi connectivity index (χ1) is 10.1. The minimum absolute atomic E-state index is 0.696. The molecule has 0 radical (unpaired) electrons. The summed E-state index contributed by atoms with van der Waals surface area (Å²) in [5, 5.41) is 0. The summed E-state index contributed by atoms with van der Waals surface area (Å²) in [5.74, 6) is 6.05. The van der Waals surface area contributed by atoms with Crippen molar-refractivity contribution in [1.82, 2.24) is 3.22 Å². The van der Waals surface area contributed by atoms with Crippen LogP contribution in [0.15, 0.2) is 48.5 Å². The third kappa shape index (κ3) is 2.47. The Hall–Kier alpha value is -1.73. The molecule has 0 amide bonds. The summed E-state index contributed by atoms with van der Waals surface area (Å²) in [6.07, 6.45) is 0. The topological polar surface area (TPSA) is 58.5 Å². The van der Waals surface area contributed by atoms with Crippen LogP contribution in [-0.2, 0) is 6.54 Å². The van der Waals surface area contributed by atoms with E-state index in [4.69, 9.17) is 11.6 Å². The van der Waals surface area contributed by atoms with Crippen LogP contribution in [0.4, 0.5) is 5.69 Å². The molecule has 0 aromatic heterocycles. The number of fused-ring (bicyclic) bond motifs is 2. The van der Waals surface area contributed by atoms with Gasteiger partial charge in [-0.15, -0.1) is 0 Å². The minimum atomic E-state index is 0.696. The smallest absolute Gasteiger partial charge is 0.0942 e. The van der Waals surface area contributed by atoms with Crippen molar-refractivity contribution in [2.45, 2.75) is 6.54 Å². The molecule has 4 nitrogen and oxygen atoms in total. The van der Waals surface area contributed by atoms with E-state index in [2.05, 4.69) is 53.0 Å². The Bertz CT molecular complexity index is 709. The van der Waals surface area contributed by atoms with Crippen LogP contribution in [0.2, 0.25) is 0 Å². The molecule has 21 heavy (non-hydrogen) atoms. The van der Waals surface area contributed by atoms with Crippen molar-refractivity contribution in [3.63, 3.8) is 0 Å². The number of halogens is 1. The van der Waals surface area contributed by atoms with Crippen LogP contribution in [0.3, 0.4) is 0 Å². The highest BCUT2D eigenvalue weighted by molar-refractivity contribution is 14.1. The summed E-state index contributed by atoms with van der Waals surface area (Å²) in [7, 11) is 2.08. The van der Waals surface area contributed by atoms with Crippen molar-refractivity contribution in [3.8, 4) is 0 Å². The largest absolute Gasteiger partial charge is 0.396 e. The Balaban J connectivity index is 2.35. The van der Waals surface area contributed by atoms with E-state index in [1.807, 2.05) is 30.3 Å². The van der Waals surface area contributed by atoms with E-state index < -0.39 is 0 Å². The fraction of sp³-hybridized carbons (Fsp3) is 0.125. The number of hydrazine groups is 1. The van der Waals surface area contributed by atoms with Crippen LogP contribution in [0.5, 0.6) is 0 Å². The molecule has 1 aliphatic heterocycles. The number of nitrogens with zero attached hydrogens (tertiary/aromatic N) is 2. The van der Waals surface area contributed by atoms with Crippen molar-refractivity contribution in [2.24, 2.45) is 11.6 Å². The average Bonchev–Trinajstić information content (AvgIpc) is 2.47. The first kappa shape index (κ1) is 14.2. The van der Waals surface area contributed by atoms with E-state index in [0.717, 1.165) is 29.1 Å². The molecule has 4 N–H and O–H groups in total. The van der Waals surface area contributed by atoms with Gasteiger partial charge in [0.15, 0.2) is 0 Å². The van der Waals surface area contributed by atoms with Gasteiger partial charge in [-0.05, 0) is 11.6 Å². The number of benzene rings is 2. The molecule has 5 heteroatoms. The van der Waals surface area contributed by atoms with Crippen LogP contribution in [0.1, 0.15) is 16.7 Å². The Kier molecular flexibility index (Phi) is 3.77. The normalized spacial score (nSPS) is 17.6. The SMILES string of the molecule is CN1Cc2ccccc2/C(N(N)I)=C(/N)c2ccccc21. The molecular weight excluding hydrogens is 375 g/mol. The van der Waals surface area contributed by atoms with Gasteiger partial charge in [-0.25, -0.2) is 9.06 Å². The molecule has 0 atom stereocenters. The molecule has 0 bridgehead atoms. The van der Waals surface area contributed by atoms with Crippen molar-refractivity contribution in [3.05, 3.63) is 65.2 Å². The fourth-order valence-electron chi connectivity index (χ4n) is 2.77. The van der Waals surface area contributed by atoms with Gasteiger partial charge in [-0.2, -0.15) is 0 Å². The second-order valence-electron chi connectivity index (χ2n) is 5.10. The highest BCUT2D eigenvalue weighted by atomic mass is 127. The van der Waals surface area contributed by atoms with Crippen LogP contribution in [0.25, 0.3) is 11.4 Å². The van der Waals surface area contributed by atoms with Crippen molar-refractivity contribution < 1.29 is 0 Å². The lowest BCUT2D eigenvalue weighted by molar-refractivity contribution is 0.749. The Morgan fingerprint density at radius 1 is 1.05 bits per heavy atom. The Morgan fingerprint density at radius 2 is 1.67 bits per heavy atom. The zero-order valence-electron chi connectivity index (χ0n) is 11.8. The van der Waals surface area contributed by atoms with E-state index in [1.54, 1.807) is 3.22 Å². The molecule has 0 aliphatic carbocycles. The molecule has 0 spiro atoms. The van der Waals surface area contributed by atoms with Gasteiger partial charge in [-0.3, -0.25) is 0 Å². The Morgan fingerprint density at radius 3 is 2.38 bits per heavy atom. The van der Waals surface area contributed by atoms with Gasteiger partial charge >= 0.3 is 0 Å². The fourth-order valence-corrected chi connectivity index (χ4v) is 3.29. The number of rotatable bonds is 1. The number of anilines is 1. The first-order valence-corrected chi connectivity index (χ1v) is 7.65. The van der Waals surface area contributed by atoms with Gasteiger partial charge in [0, 0.05) is 30.4 Å². The van der Waals surface area contributed by atoms with E-state index in [1.165, 1.54) is 5.56 Å². The van der Waals surface area contributed by atoms with Crippen molar-refractivity contribution >= 4 is 39.9 Å². The van der Waals surface area contributed by atoms with Crippen LogP contribution < -0.4 is 16.5 Å². The Labute approximate surface area is 138 Å². The summed E-state index contributed by atoms with van der Waals surface area (Å²) in [6.45, 7) is 0.814. The van der Waals surface area contributed by atoms with Crippen molar-refractivity contribution in [1.29, 1.82) is 0 Å². The summed E-state index contributed by atoms with van der Waals surface area (Å²) in [4.78, 5) is 2.21. The molecule has 2 aromatic rings. The van der Waals surface area contributed by atoms with Gasteiger partial charge in [0.1, 0.15) is 0 Å². The number of para-hydroxylation sites is 1. The highest BCUT2D eigenvalue weighted by Gasteiger charge is 2.22. The molecule has 0 saturated carbocycles. The number of nitrogens with two attached hydrogens (primary N) is 2. The summed E-state index contributed by atoms with van der Waals surface area (Å²) in [6, 6.07) is 16.4. The maximum absolute atomic E-state index is 6.46. The van der Waals surface area contributed by atoms with Crippen LogP contribution >= 0.6 is 22.9 Å². The van der Waals surface area contributed by atoms with Crippen LogP contribution in [-0.4, -0.2) is 10.3 Å². The van der Waals surface area contributed by atoms with Gasteiger partial charge in [-0.1, -0.05) is 42.5 Å². The third-order valence-corrected chi connectivity index (χ3v) is 4.24. The van der Waals surface area contributed by atoms with Crippen LogP contribution in [0, 0.1) is 0 Å². The van der Waals surface area contributed by atoms with Gasteiger partial charge in [0.25, 0.3) is 0 Å². The molecule has 0 fully saturated rings. The first-order valence-electron chi connectivity index (χ1n) is 6.68. The molecule has 1 heterocycles. The molecule has 0 unspecified atom stereocenters. The molecule has 3 rings (SSSR count). The third-order valence-electron chi connectivity index (χ3n) is 3.75. The summed E-state index contributed by atoms with van der Waals surface area (Å²) >= 11 is 2.07. The summed E-state index contributed by atoms with van der Waals surface area (Å²) in [5.41, 5.74) is 12.4. The van der Waals surface area contributed by atoms with E-state index in [9.17, 15) is 0 Å². The number of hydrogen-bond acceptors (Lipinski definition) is 4. The zero-order valence-corrected chi connectivity index (χ0v) is 13.9. The van der Waals surface area contributed by atoms with Gasteiger partial charge in [0.2, 0.25) is 0 Å². The molecule has 0 saturated heterocycles.